The Morgan fingerprint density at radius 3 is 2.47 bits per heavy atom. The summed E-state index contributed by atoms with van der Waals surface area (Å²) in [5, 5.41) is 0. The molecule has 1 aliphatic heterocycles. The third-order valence-electron chi connectivity index (χ3n) is 4.19. The molecule has 2 fully saturated rings. The van der Waals surface area contributed by atoms with Gasteiger partial charge in [0.25, 0.3) is 0 Å². The number of hydrogen-bond donors (Lipinski definition) is 0. The fraction of sp³-hybridized carbons (Fsp3) is 0.643. The smallest absolute Gasteiger partial charge is 0.165 e. The van der Waals surface area contributed by atoms with Gasteiger partial charge in [0.15, 0.2) is 17.0 Å². The number of imidazole rings is 1. The lowest BCUT2D eigenvalue weighted by Crippen LogP contribution is -2.25. The first kappa shape index (κ1) is 11.2. The second-order valence-corrected chi connectivity index (χ2v) is 5.65. The standard InChI is InChI=1S/C14H19N5/c1-2-4-8-18(7-3-1)13-12-14(16-9-15-13)19(10-17-12)11-5-6-11/h9-11H,1-8H2. The van der Waals surface area contributed by atoms with Crippen molar-refractivity contribution in [3.05, 3.63) is 12.7 Å². The number of hydrogen-bond acceptors (Lipinski definition) is 4. The van der Waals surface area contributed by atoms with Gasteiger partial charge in [0.1, 0.15) is 6.33 Å². The summed E-state index contributed by atoms with van der Waals surface area (Å²) >= 11 is 0. The molecule has 0 spiro atoms. The molecule has 19 heavy (non-hydrogen) atoms. The molecule has 0 unspecified atom stereocenters. The zero-order valence-electron chi connectivity index (χ0n) is 11.1. The number of aromatic nitrogens is 4. The minimum absolute atomic E-state index is 0.622. The molecule has 5 nitrogen and oxygen atoms in total. The Morgan fingerprint density at radius 1 is 0.947 bits per heavy atom. The van der Waals surface area contributed by atoms with Crippen molar-refractivity contribution in [3.8, 4) is 0 Å². The number of anilines is 1. The van der Waals surface area contributed by atoms with Crippen molar-refractivity contribution in [2.24, 2.45) is 0 Å². The molecule has 3 heterocycles. The van der Waals surface area contributed by atoms with Gasteiger partial charge in [0.2, 0.25) is 0 Å². The van der Waals surface area contributed by atoms with Crippen molar-refractivity contribution in [2.75, 3.05) is 18.0 Å². The van der Waals surface area contributed by atoms with Crippen LogP contribution in [0.25, 0.3) is 11.2 Å². The summed E-state index contributed by atoms with van der Waals surface area (Å²) in [7, 11) is 0. The first-order chi connectivity index (χ1) is 9.43. The monoisotopic (exact) mass is 257 g/mol. The Bertz CT molecular complexity index is 579. The number of nitrogens with zero attached hydrogens (tertiary/aromatic N) is 5. The minimum Gasteiger partial charge on any atom is -0.355 e. The van der Waals surface area contributed by atoms with E-state index in [0.29, 0.717) is 6.04 Å². The van der Waals surface area contributed by atoms with Gasteiger partial charge in [-0.05, 0) is 25.7 Å². The maximum absolute atomic E-state index is 4.58. The van der Waals surface area contributed by atoms with Crippen LogP contribution in [0.3, 0.4) is 0 Å². The van der Waals surface area contributed by atoms with Gasteiger partial charge in [-0.2, -0.15) is 0 Å². The molecule has 2 aliphatic rings. The van der Waals surface area contributed by atoms with Crippen LogP contribution in [0.4, 0.5) is 5.82 Å². The maximum atomic E-state index is 4.58. The molecule has 0 amide bonds. The van der Waals surface area contributed by atoms with Crippen LogP contribution in [-0.4, -0.2) is 32.6 Å². The molecule has 0 bridgehead atoms. The molecule has 0 radical (unpaired) electrons. The predicted octanol–water partition coefficient (Wildman–Crippen LogP) is 2.54. The van der Waals surface area contributed by atoms with E-state index in [4.69, 9.17) is 0 Å². The topological polar surface area (TPSA) is 46.8 Å². The number of rotatable bonds is 2. The first-order valence-electron chi connectivity index (χ1n) is 7.36. The average molecular weight is 257 g/mol. The Labute approximate surface area is 112 Å². The summed E-state index contributed by atoms with van der Waals surface area (Å²) in [6.07, 6.45) is 11.3. The van der Waals surface area contributed by atoms with Crippen molar-refractivity contribution in [3.63, 3.8) is 0 Å². The Morgan fingerprint density at radius 2 is 1.74 bits per heavy atom. The molecule has 5 heteroatoms. The summed E-state index contributed by atoms with van der Waals surface area (Å²) in [5.74, 6) is 1.03. The van der Waals surface area contributed by atoms with E-state index in [0.717, 1.165) is 30.1 Å². The molecule has 0 N–H and O–H groups in total. The summed E-state index contributed by atoms with van der Waals surface area (Å²) in [4.78, 5) is 15.9. The lowest BCUT2D eigenvalue weighted by atomic mass is 10.2. The lowest BCUT2D eigenvalue weighted by Gasteiger charge is -2.21. The van der Waals surface area contributed by atoms with Gasteiger partial charge in [-0.1, -0.05) is 12.8 Å². The van der Waals surface area contributed by atoms with Crippen LogP contribution in [0.15, 0.2) is 12.7 Å². The van der Waals surface area contributed by atoms with Crippen LogP contribution >= 0.6 is 0 Å². The highest BCUT2D eigenvalue weighted by molar-refractivity contribution is 5.83. The fourth-order valence-corrected chi connectivity index (χ4v) is 2.97. The van der Waals surface area contributed by atoms with Gasteiger partial charge in [-0.25, -0.2) is 15.0 Å². The van der Waals surface area contributed by atoms with E-state index >= 15 is 0 Å². The second-order valence-electron chi connectivity index (χ2n) is 5.65. The van der Waals surface area contributed by atoms with Crippen LogP contribution < -0.4 is 4.90 Å². The molecule has 0 atom stereocenters. The molecular formula is C14H19N5. The maximum Gasteiger partial charge on any atom is 0.165 e. The van der Waals surface area contributed by atoms with Crippen LogP contribution in [0.1, 0.15) is 44.6 Å². The van der Waals surface area contributed by atoms with E-state index in [1.807, 2.05) is 6.33 Å². The fourth-order valence-electron chi connectivity index (χ4n) is 2.97. The van der Waals surface area contributed by atoms with Crippen molar-refractivity contribution in [1.82, 2.24) is 19.5 Å². The Hall–Kier alpha value is -1.65. The predicted molar refractivity (Wildman–Crippen MR) is 74.3 cm³/mol. The number of fused-ring (bicyclic) bond motifs is 1. The largest absolute Gasteiger partial charge is 0.355 e. The van der Waals surface area contributed by atoms with E-state index in [1.165, 1.54) is 38.5 Å². The minimum atomic E-state index is 0.622. The van der Waals surface area contributed by atoms with Crippen LogP contribution in [0, 0.1) is 0 Å². The van der Waals surface area contributed by atoms with Gasteiger partial charge >= 0.3 is 0 Å². The zero-order chi connectivity index (χ0) is 12.7. The summed E-state index contributed by atoms with van der Waals surface area (Å²) in [6, 6.07) is 0.622. The van der Waals surface area contributed by atoms with Crippen LogP contribution in [0.2, 0.25) is 0 Å². The van der Waals surface area contributed by atoms with E-state index in [9.17, 15) is 0 Å². The molecule has 1 saturated heterocycles. The van der Waals surface area contributed by atoms with Crippen molar-refractivity contribution in [2.45, 2.75) is 44.6 Å². The van der Waals surface area contributed by atoms with E-state index in [1.54, 1.807) is 6.33 Å². The average Bonchev–Trinajstić information content (AvgIpc) is 3.23. The molecule has 1 aliphatic carbocycles. The lowest BCUT2D eigenvalue weighted by molar-refractivity contribution is 0.726. The second kappa shape index (κ2) is 4.47. The zero-order valence-corrected chi connectivity index (χ0v) is 11.1. The van der Waals surface area contributed by atoms with Gasteiger partial charge in [0.05, 0.1) is 6.33 Å². The third kappa shape index (κ3) is 1.97. The van der Waals surface area contributed by atoms with Crippen molar-refractivity contribution < 1.29 is 0 Å². The highest BCUT2D eigenvalue weighted by Gasteiger charge is 2.27. The van der Waals surface area contributed by atoms with Crippen molar-refractivity contribution >= 4 is 17.0 Å². The van der Waals surface area contributed by atoms with Gasteiger partial charge in [-0.3, -0.25) is 0 Å². The molecule has 1 saturated carbocycles. The third-order valence-corrected chi connectivity index (χ3v) is 4.19. The van der Waals surface area contributed by atoms with Gasteiger partial charge in [0, 0.05) is 19.1 Å². The summed E-state index contributed by atoms with van der Waals surface area (Å²) < 4.78 is 2.22. The molecule has 2 aromatic heterocycles. The molecular weight excluding hydrogens is 238 g/mol. The van der Waals surface area contributed by atoms with E-state index in [2.05, 4.69) is 24.4 Å². The molecule has 4 rings (SSSR count). The van der Waals surface area contributed by atoms with Crippen LogP contribution in [-0.2, 0) is 0 Å². The summed E-state index contributed by atoms with van der Waals surface area (Å²) in [5.41, 5.74) is 1.99. The molecule has 2 aromatic rings. The highest BCUT2D eigenvalue weighted by Crippen LogP contribution is 2.37. The first-order valence-corrected chi connectivity index (χ1v) is 7.36. The normalized spacial score (nSPS) is 20.7. The van der Waals surface area contributed by atoms with E-state index in [-0.39, 0.29) is 0 Å². The van der Waals surface area contributed by atoms with Gasteiger partial charge < -0.3 is 9.47 Å². The van der Waals surface area contributed by atoms with Crippen LogP contribution in [0.5, 0.6) is 0 Å². The highest BCUT2D eigenvalue weighted by atomic mass is 15.2. The SMILES string of the molecule is c1nc(N2CCCCCC2)c2ncn(C3CC3)c2n1. The molecule has 0 aromatic carbocycles. The van der Waals surface area contributed by atoms with Crippen molar-refractivity contribution in [1.29, 1.82) is 0 Å². The van der Waals surface area contributed by atoms with E-state index < -0.39 is 0 Å². The molecule has 100 valence electrons. The Kier molecular flexibility index (Phi) is 2.64. The van der Waals surface area contributed by atoms with Gasteiger partial charge in [-0.15, -0.1) is 0 Å². The Balaban J connectivity index is 1.76. The summed E-state index contributed by atoms with van der Waals surface area (Å²) in [6.45, 7) is 2.20. The quantitative estimate of drug-likeness (QED) is 0.829.